The first-order valence-electron chi connectivity index (χ1n) is 6.22. The largest absolute Gasteiger partial charge is 0.340 e. The van der Waals surface area contributed by atoms with Crippen LogP contribution in [0.1, 0.15) is 5.69 Å². The van der Waals surface area contributed by atoms with E-state index < -0.39 is 17.3 Å². The minimum atomic E-state index is -3.49. The van der Waals surface area contributed by atoms with Gasteiger partial charge < -0.3 is 9.46 Å². The van der Waals surface area contributed by atoms with Crippen molar-refractivity contribution in [1.29, 1.82) is 0 Å². The fourth-order valence-electron chi connectivity index (χ4n) is 1.87. The highest BCUT2D eigenvalue weighted by molar-refractivity contribution is 7.85. The summed E-state index contributed by atoms with van der Waals surface area (Å²) < 4.78 is 38.6. The van der Waals surface area contributed by atoms with E-state index in [1.54, 1.807) is 12.3 Å². The van der Waals surface area contributed by atoms with Crippen molar-refractivity contribution in [2.45, 2.75) is 6.61 Å². The number of hydrogen-bond acceptors (Lipinski definition) is 7. The van der Waals surface area contributed by atoms with Gasteiger partial charge in [-0.1, -0.05) is 0 Å². The van der Waals surface area contributed by atoms with E-state index in [9.17, 15) is 13.0 Å². The molecule has 0 saturated carbocycles. The van der Waals surface area contributed by atoms with E-state index in [0.717, 1.165) is 6.26 Å². The van der Waals surface area contributed by atoms with Gasteiger partial charge in [0.15, 0.2) is 0 Å². The summed E-state index contributed by atoms with van der Waals surface area (Å²) in [5.74, 6) is 0.527. The number of nitrogens with zero attached hydrogens (tertiary/aromatic N) is 3. The van der Waals surface area contributed by atoms with Crippen LogP contribution in [0.3, 0.4) is 0 Å². The predicted octanol–water partition coefficient (Wildman–Crippen LogP) is 0.766. The summed E-state index contributed by atoms with van der Waals surface area (Å²) in [5.41, 5.74) is 0.505. The molecule has 1 aliphatic heterocycles. The SMILES string of the molecule is CP1(=O)CCN(c2nccc(COS(C)(=O)=O)n2)CC1. The van der Waals surface area contributed by atoms with Gasteiger partial charge >= 0.3 is 0 Å². The van der Waals surface area contributed by atoms with Crippen molar-refractivity contribution in [3.05, 3.63) is 18.0 Å². The molecule has 0 unspecified atom stereocenters. The van der Waals surface area contributed by atoms with E-state index in [1.807, 2.05) is 11.6 Å². The lowest BCUT2D eigenvalue weighted by Gasteiger charge is -2.30. The van der Waals surface area contributed by atoms with Crippen molar-refractivity contribution in [2.24, 2.45) is 0 Å². The van der Waals surface area contributed by atoms with Crippen LogP contribution in [0.15, 0.2) is 12.3 Å². The van der Waals surface area contributed by atoms with Gasteiger partial charge in [0.1, 0.15) is 6.61 Å². The van der Waals surface area contributed by atoms with Gasteiger partial charge in [-0.15, -0.1) is 0 Å². The molecule has 0 radical (unpaired) electrons. The lowest BCUT2D eigenvalue weighted by Crippen LogP contribution is -2.36. The molecule has 2 heterocycles. The number of hydrogen-bond donors (Lipinski definition) is 0. The van der Waals surface area contributed by atoms with Crippen molar-refractivity contribution >= 4 is 23.2 Å². The minimum Gasteiger partial charge on any atom is -0.340 e. The smallest absolute Gasteiger partial charge is 0.264 e. The Kier molecular flexibility index (Phi) is 4.46. The second-order valence-electron chi connectivity index (χ2n) is 5.05. The lowest BCUT2D eigenvalue weighted by atomic mass is 10.4. The van der Waals surface area contributed by atoms with Crippen LogP contribution in [0.4, 0.5) is 5.95 Å². The van der Waals surface area contributed by atoms with Crippen LogP contribution in [0.25, 0.3) is 0 Å². The van der Waals surface area contributed by atoms with E-state index >= 15 is 0 Å². The summed E-state index contributed by atoms with van der Waals surface area (Å²) in [6.45, 7) is 3.03. The predicted molar refractivity (Wildman–Crippen MR) is 77.1 cm³/mol. The number of anilines is 1. The second kappa shape index (κ2) is 5.79. The Bertz CT molecular complexity index is 622. The third-order valence-corrected chi connectivity index (χ3v) is 5.93. The van der Waals surface area contributed by atoms with Crippen LogP contribution in [0.2, 0.25) is 0 Å². The zero-order chi connectivity index (χ0) is 14.8. The van der Waals surface area contributed by atoms with Gasteiger partial charge in [-0.05, 0) is 12.7 Å². The van der Waals surface area contributed by atoms with E-state index in [-0.39, 0.29) is 6.61 Å². The Morgan fingerprint density at radius 2 is 2.05 bits per heavy atom. The molecule has 0 amide bonds. The van der Waals surface area contributed by atoms with Crippen LogP contribution in [-0.2, 0) is 25.5 Å². The van der Waals surface area contributed by atoms with E-state index in [1.165, 1.54) is 0 Å². The molecule has 0 N–H and O–H groups in total. The van der Waals surface area contributed by atoms with Crippen molar-refractivity contribution in [1.82, 2.24) is 9.97 Å². The van der Waals surface area contributed by atoms with Crippen LogP contribution in [-0.4, -0.2) is 56.7 Å². The maximum Gasteiger partial charge on any atom is 0.264 e. The molecule has 0 aliphatic carbocycles. The summed E-state index contributed by atoms with van der Waals surface area (Å²) in [7, 11) is -5.48. The van der Waals surface area contributed by atoms with Crippen molar-refractivity contribution in [2.75, 3.05) is 43.2 Å². The molecule has 1 fully saturated rings. The molecule has 2 rings (SSSR count). The van der Waals surface area contributed by atoms with Gasteiger partial charge in [-0.2, -0.15) is 8.42 Å². The van der Waals surface area contributed by atoms with Gasteiger partial charge in [-0.25, -0.2) is 9.97 Å². The highest BCUT2D eigenvalue weighted by Gasteiger charge is 2.25. The van der Waals surface area contributed by atoms with E-state index in [2.05, 4.69) is 9.97 Å². The molecular weight excluding hydrogens is 301 g/mol. The third kappa shape index (κ3) is 4.54. The third-order valence-electron chi connectivity index (χ3n) is 3.09. The fraction of sp³-hybridized carbons (Fsp3) is 0.636. The molecule has 0 atom stereocenters. The molecule has 0 aromatic carbocycles. The molecule has 0 bridgehead atoms. The quantitative estimate of drug-likeness (QED) is 0.598. The molecule has 1 aliphatic rings. The first-order chi connectivity index (χ1) is 9.25. The molecule has 9 heteroatoms. The summed E-state index contributed by atoms with van der Waals surface area (Å²) in [5, 5.41) is 0. The Morgan fingerprint density at radius 3 is 2.65 bits per heavy atom. The van der Waals surface area contributed by atoms with Crippen LogP contribution >= 0.6 is 7.14 Å². The van der Waals surface area contributed by atoms with E-state index in [0.29, 0.717) is 37.1 Å². The van der Waals surface area contributed by atoms with Crippen LogP contribution in [0.5, 0.6) is 0 Å². The van der Waals surface area contributed by atoms with Crippen molar-refractivity contribution in [3.63, 3.8) is 0 Å². The van der Waals surface area contributed by atoms with Gasteiger partial charge in [-0.3, -0.25) is 4.18 Å². The zero-order valence-electron chi connectivity index (χ0n) is 11.5. The van der Waals surface area contributed by atoms with Gasteiger partial charge in [0.05, 0.1) is 19.1 Å². The lowest BCUT2D eigenvalue weighted by molar-refractivity contribution is 0.307. The van der Waals surface area contributed by atoms with Gasteiger partial charge in [0.25, 0.3) is 10.1 Å². The summed E-state index contributed by atoms with van der Waals surface area (Å²) in [6, 6.07) is 1.61. The zero-order valence-corrected chi connectivity index (χ0v) is 13.2. The molecule has 7 nitrogen and oxygen atoms in total. The molecular formula is C11H18N3O4PS. The molecule has 1 aromatic rings. The number of rotatable bonds is 4. The number of aromatic nitrogens is 2. The van der Waals surface area contributed by atoms with Crippen LogP contribution < -0.4 is 4.90 Å². The average molecular weight is 319 g/mol. The average Bonchev–Trinajstić information content (AvgIpc) is 2.36. The molecule has 20 heavy (non-hydrogen) atoms. The summed E-state index contributed by atoms with van der Waals surface area (Å²) in [6.07, 6.45) is 3.88. The van der Waals surface area contributed by atoms with Gasteiger partial charge in [0.2, 0.25) is 5.95 Å². The first kappa shape index (κ1) is 15.4. The van der Waals surface area contributed by atoms with E-state index in [4.69, 9.17) is 4.18 Å². The second-order valence-corrected chi connectivity index (χ2v) is 10.2. The topological polar surface area (TPSA) is 89.5 Å². The Balaban J connectivity index is 2.05. The normalized spacial score (nSPS) is 19.0. The maximum atomic E-state index is 11.9. The van der Waals surface area contributed by atoms with Gasteiger partial charge in [0, 0.05) is 31.6 Å². The standard InChI is InChI=1S/C11H18N3O4PS/c1-19(15)7-5-14(6-8-19)11-12-4-3-10(13-11)9-18-20(2,16)17/h3-4H,5-9H2,1-2H3. The fourth-order valence-corrected chi connectivity index (χ4v) is 3.76. The highest BCUT2D eigenvalue weighted by Crippen LogP contribution is 2.43. The Labute approximate surface area is 118 Å². The van der Waals surface area contributed by atoms with Crippen molar-refractivity contribution < 1.29 is 17.2 Å². The highest BCUT2D eigenvalue weighted by atomic mass is 32.2. The monoisotopic (exact) mass is 319 g/mol. The first-order valence-corrected chi connectivity index (χ1v) is 10.6. The van der Waals surface area contributed by atoms with Crippen LogP contribution in [0, 0.1) is 0 Å². The molecule has 0 spiro atoms. The van der Waals surface area contributed by atoms with Crippen molar-refractivity contribution in [3.8, 4) is 0 Å². The molecule has 1 aromatic heterocycles. The maximum absolute atomic E-state index is 11.9. The summed E-state index contributed by atoms with van der Waals surface area (Å²) >= 11 is 0. The molecule has 1 saturated heterocycles. The molecule has 112 valence electrons. The Morgan fingerprint density at radius 1 is 1.40 bits per heavy atom. The minimum absolute atomic E-state index is 0.103. The Hall–Kier alpha value is -0.980. The summed E-state index contributed by atoms with van der Waals surface area (Å²) in [4.78, 5) is 10.4.